The van der Waals surface area contributed by atoms with Crippen LogP contribution in [0, 0.1) is 0 Å². The lowest BCUT2D eigenvalue weighted by molar-refractivity contribution is 0.653. The van der Waals surface area contributed by atoms with Gasteiger partial charge >= 0.3 is 0 Å². The largest absolute Gasteiger partial charge is 0.370 e. The molecule has 2 aliphatic heterocycles. The summed E-state index contributed by atoms with van der Waals surface area (Å²) in [6, 6.07) is 16.6. The SMILES string of the molecule is Cl.NC(N)=Nc1ccc(N2CCN(c3ccc(NC4=NCCN4)cc3)CC2)cc1. The molecule has 1 fully saturated rings. The van der Waals surface area contributed by atoms with E-state index in [1.165, 1.54) is 11.4 Å². The third-order valence-electron chi connectivity index (χ3n) is 4.92. The molecule has 154 valence electrons. The summed E-state index contributed by atoms with van der Waals surface area (Å²) in [5, 5.41) is 6.52. The molecule has 0 amide bonds. The number of anilines is 3. The first-order valence-corrected chi connectivity index (χ1v) is 9.52. The quantitative estimate of drug-likeness (QED) is 0.448. The van der Waals surface area contributed by atoms with Gasteiger partial charge in [0, 0.05) is 49.8 Å². The fraction of sp³-hybridized carbons (Fsp3) is 0.300. The number of hydrogen-bond donors (Lipinski definition) is 4. The molecular formula is C20H27ClN8. The van der Waals surface area contributed by atoms with E-state index in [-0.39, 0.29) is 18.4 Å². The summed E-state index contributed by atoms with van der Waals surface area (Å²) < 4.78 is 0. The predicted molar refractivity (Wildman–Crippen MR) is 124 cm³/mol. The van der Waals surface area contributed by atoms with E-state index in [9.17, 15) is 0 Å². The monoisotopic (exact) mass is 414 g/mol. The van der Waals surface area contributed by atoms with E-state index in [1.807, 2.05) is 12.1 Å². The minimum absolute atomic E-state index is 0. The second-order valence-electron chi connectivity index (χ2n) is 6.86. The van der Waals surface area contributed by atoms with Crippen molar-refractivity contribution < 1.29 is 0 Å². The number of aliphatic imine (C=N–C) groups is 2. The molecule has 0 bridgehead atoms. The highest BCUT2D eigenvalue weighted by atomic mass is 35.5. The van der Waals surface area contributed by atoms with Crippen molar-refractivity contribution in [2.24, 2.45) is 21.5 Å². The van der Waals surface area contributed by atoms with Gasteiger partial charge in [-0.25, -0.2) is 4.99 Å². The summed E-state index contributed by atoms with van der Waals surface area (Å²) in [5.41, 5.74) is 15.1. The van der Waals surface area contributed by atoms with Crippen LogP contribution in [0.4, 0.5) is 22.7 Å². The highest BCUT2D eigenvalue weighted by Crippen LogP contribution is 2.24. The Morgan fingerprint density at radius 3 is 1.93 bits per heavy atom. The normalized spacial score (nSPS) is 15.8. The third kappa shape index (κ3) is 5.23. The Kier molecular flexibility index (Phi) is 6.66. The zero-order chi connectivity index (χ0) is 19.3. The van der Waals surface area contributed by atoms with Crippen molar-refractivity contribution in [1.82, 2.24) is 5.32 Å². The highest BCUT2D eigenvalue weighted by Gasteiger charge is 2.17. The number of hydrogen-bond acceptors (Lipinski definition) is 6. The van der Waals surface area contributed by atoms with E-state index in [0.29, 0.717) is 0 Å². The van der Waals surface area contributed by atoms with Crippen LogP contribution in [-0.4, -0.2) is 51.2 Å². The van der Waals surface area contributed by atoms with Crippen molar-refractivity contribution in [3.05, 3.63) is 48.5 Å². The van der Waals surface area contributed by atoms with Gasteiger partial charge in [-0.3, -0.25) is 4.99 Å². The van der Waals surface area contributed by atoms with Gasteiger partial charge in [0.2, 0.25) is 0 Å². The predicted octanol–water partition coefficient (Wildman–Crippen LogP) is 1.71. The molecule has 0 saturated carbocycles. The van der Waals surface area contributed by atoms with Gasteiger partial charge in [-0.05, 0) is 48.5 Å². The van der Waals surface area contributed by atoms with Crippen LogP contribution >= 0.6 is 12.4 Å². The van der Waals surface area contributed by atoms with Crippen LogP contribution in [0.25, 0.3) is 0 Å². The Balaban J connectivity index is 0.00000240. The molecule has 29 heavy (non-hydrogen) atoms. The Morgan fingerprint density at radius 1 is 0.897 bits per heavy atom. The topological polar surface area (TPSA) is 107 Å². The maximum atomic E-state index is 5.42. The van der Waals surface area contributed by atoms with E-state index in [2.05, 4.69) is 66.8 Å². The maximum Gasteiger partial charge on any atom is 0.195 e. The molecule has 2 heterocycles. The van der Waals surface area contributed by atoms with Gasteiger partial charge in [0.15, 0.2) is 11.9 Å². The summed E-state index contributed by atoms with van der Waals surface area (Å²) in [6.45, 7) is 5.65. The Morgan fingerprint density at radius 2 is 1.45 bits per heavy atom. The molecule has 9 heteroatoms. The third-order valence-corrected chi connectivity index (χ3v) is 4.92. The zero-order valence-electron chi connectivity index (χ0n) is 16.2. The van der Waals surface area contributed by atoms with Gasteiger partial charge in [0.25, 0.3) is 0 Å². The Hall–Kier alpha value is -3.13. The molecule has 2 aromatic rings. The molecule has 6 N–H and O–H groups in total. The molecular weight excluding hydrogens is 388 g/mol. The number of nitrogens with zero attached hydrogens (tertiary/aromatic N) is 4. The van der Waals surface area contributed by atoms with Crippen LogP contribution in [0.2, 0.25) is 0 Å². The van der Waals surface area contributed by atoms with Crippen molar-refractivity contribution in [2.45, 2.75) is 0 Å². The minimum Gasteiger partial charge on any atom is -0.370 e. The number of rotatable bonds is 4. The number of piperazine rings is 1. The summed E-state index contributed by atoms with van der Waals surface area (Å²) in [6.07, 6.45) is 0. The van der Waals surface area contributed by atoms with E-state index in [4.69, 9.17) is 11.5 Å². The molecule has 0 radical (unpaired) electrons. The molecule has 2 aliphatic rings. The lowest BCUT2D eigenvalue weighted by Gasteiger charge is -2.37. The van der Waals surface area contributed by atoms with E-state index in [1.54, 1.807) is 0 Å². The fourth-order valence-corrected chi connectivity index (χ4v) is 3.48. The highest BCUT2D eigenvalue weighted by molar-refractivity contribution is 5.94. The first-order valence-electron chi connectivity index (χ1n) is 9.52. The fourth-order valence-electron chi connectivity index (χ4n) is 3.48. The average Bonchev–Trinajstić information content (AvgIpc) is 3.22. The van der Waals surface area contributed by atoms with E-state index in [0.717, 1.165) is 56.6 Å². The molecule has 8 nitrogen and oxygen atoms in total. The van der Waals surface area contributed by atoms with E-state index >= 15 is 0 Å². The Labute approximate surface area is 177 Å². The molecule has 0 atom stereocenters. The van der Waals surface area contributed by atoms with Gasteiger partial charge in [-0.1, -0.05) is 0 Å². The molecule has 0 spiro atoms. The van der Waals surface area contributed by atoms with Gasteiger partial charge in [-0.2, -0.15) is 0 Å². The maximum absolute atomic E-state index is 5.42. The molecule has 2 aromatic carbocycles. The molecule has 1 saturated heterocycles. The second-order valence-corrected chi connectivity index (χ2v) is 6.86. The van der Waals surface area contributed by atoms with Crippen LogP contribution in [0.3, 0.4) is 0 Å². The second kappa shape index (κ2) is 9.38. The summed E-state index contributed by atoms with van der Waals surface area (Å²) >= 11 is 0. The van der Waals surface area contributed by atoms with Crippen molar-refractivity contribution >= 4 is 47.1 Å². The van der Waals surface area contributed by atoms with Crippen LogP contribution in [0.5, 0.6) is 0 Å². The number of nitrogens with one attached hydrogen (secondary N) is 2. The summed E-state index contributed by atoms with van der Waals surface area (Å²) in [5.74, 6) is 0.933. The van der Waals surface area contributed by atoms with Crippen molar-refractivity contribution in [3.8, 4) is 0 Å². The van der Waals surface area contributed by atoms with Gasteiger partial charge in [-0.15, -0.1) is 12.4 Å². The van der Waals surface area contributed by atoms with Gasteiger partial charge in [0.05, 0.1) is 12.2 Å². The smallest absolute Gasteiger partial charge is 0.195 e. The first-order chi connectivity index (χ1) is 13.7. The van der Waals surface area contributed by atoms with E-state index < -0.39 is 0 Å². The molecule has 4 rings (SSSR count). The van der Waals surface area contributed by atoms with Crippen molar-refractivity contribution in [2.75, 3.05) is 54.4 Å². The van der Waals surface area contributed by atoms with Gasteiger partial charge < -0.3 is 31.9 Å². The number of nitrogens with two attached hydrogens (primary N) is 2. The lowest BCUT2D eigenvalue weighted by Crippen LogP contribution is -2.46. The first kappa shape index (κ1) is 20.6. The van der Waals surface area contributed by atoms with Gasteiger partial charge in [0.1, 0.15) is 0 Å². The number of benzene rings is 2. The van der Waals surface area contributed by atoms with Crippen LogP contribution < -0.4 is 31.9 Å². The standard InChI is InChI=1S/C20H26N8.ClH/c21-19(22)25-15-1-5-17(6-2-15)27-11-13-28(14-12-27)18-7-3-16(4-8-18)26-20-23-9-10-24-20;/h1-8H,9-14H2,(H4,21,22,25)(H2,23,24,26);1H. The van der Waals surface area contributed by atoms with Crippen molar-refractivity contribution in [1.29, 1.82) is 0 Å². The van der Waals surface area contributed by atoms with Crippen molar-refractivity contribution in [3.63, 3.8) is 0 Å². The Bertz CT molecular complexity index is 851. The molecule has 0 aromatic heterocycles. The summed E-state index contributed by atoms with van der Waals surface area (Å²) in [7, 11) is 0. The van der Waals surface area contributed by atoms with Crippen LogP contribution in [0.1, 0.15) is 0 Å². The number of halogens is 1. The van der Waals surface area contributed by atoms with Crippen LogP contribution in [-0.2, 0) is 0 Å². The lowest BCUT2D eigenvalue weighted by atomic mass is 10.2. The zero-order valence-corrected chi connectivity index (χ0v) is 17.0. The molecule has 0 unspecified atom stereocenters. The number of guanidine groups is 2. The van der Waals surface area contributed by atoms with Crippen LogP contribution in [0.15, 0.2) is 58.5 Å². The minimum atomic E-state index is 0. The molecule has 0 aliphatic carbocycles. The average molecular weight is 415 g/mol. The summed E-state index contributed by atoms with van der Waals surface area (Å²) in [4.78, 5) is 13.2.